The molecule has 0 aliphatic carbocycles. The smallest absolute Gasteiger partial charge is 0.170 e. The first-order chi connectivity index (χ1) is 9.22. The summed E-state index contributed by atoms with van der Waals surface area (Å²) in [6.45, 7) is 0.293. The zero-order valence-corrected chi connectivity index (χ0v) is 10.5. The molecule has 3 nitrogen and oxygen atoms in total. The minimum Gasteiger partial charge on any atom is -0.326 e. The Labute approximate surface area is 112 Å². The number of carbonyl (C=O) groups excluding carboxylic acids is 2. The monoisotopic (exact) mass is 253 g/mol. The average Bonchev–Trinajstić information content (AvgIpc) is 2.48. The lowest BCUT2D eigenvalue weighted by atomic mass is 9.98. The number of rotatable bonds is 5. The summed E-state index contributed by atoms with van der Waals surface area (Å²) in [5, 5.41) is 0. The Balaban J connectivity index is 2.16. The van der Waals surface area contributed by atoms with Crippen LogP contribution in [-0.4, -0.2) is 11.6 Å². The SMILES string of the molecule is NCc1ccccc1C(=O)CC(=O)c1ccccc1. The molecule has 0 spiro atoms. The van der Waals surface area contributed by atoms with Gasteiger partial charge in [-0.05, 0) is 5.56 Å². The molecule has 0 unspecified atom stereocenters. The molecule has 0 fully saturated rings. The molecule has 0 radical (unpaired) electrons. The largest absolute Gasteiger partial charge is 0.326 e. The van der Waals surface area contributed by atoms with Crippen LogP contribution in [0.1, 0.15) is 32.7 Å². The summed E-state index contributed by atoms with van der Waals surface area (Å²) in [5.74, 6) is -0.354. The van der Waals surface area contributed by atoms with Crippen molar-refractivity contribution in [2.45, 2.75) is 13.0 Å². The highest BCUT2D eigenvalue weighted by molar-refractivity contribution is 6.13. The van der Waals surface area contributed by atoms with Gasteiger partial charge in [0.15, 0.2) is 11.6 Å². The number of Topliss-reactive ketones (excluding diaryl/α,β-unsaturated/α-hetero) is 2. The van der Waals surface area contributed by atoms with Gasteiger partial charge in [0.05, 0.1) is 6.42 Å². The first-order valence-corrected chi connectivity index (χ1v) is 6.12. The third kappa shape index (κ3) is 3.14. The van der Waals surface area contributed by atoms with Gasteiger partial charge in [-0.25, -0.2) is 0 Å². The molecule has 3 heteroatoms. The van der Waals surface area contributed by atoms with Crippen LogP contribution < -0.4 is 5.73 Å². The number of benzene rings is 2. The Morgan fingerprint density at radius 3 is 2.16 bits per heavy atom. The van der Waals surface area contributed by atoms with Gasteiger partial charge in [-0.3, -0.25) is 9.59 Å². The summed E-state index contributed by atoms with van der Waals surface area (Å²) in [4.78, 5) is 24.1. The fourth-order valence-electron chi connectivity index (χ4n) is 1.94. The van der Waals surface area contributed by atoms with Crippen LogP contribution in [0.2, 0.25) is 0 Å². The second-order valence-corrected chi connectivity index (χ2v) is 4.25. The van der Waals surface area contributed by atoms with E-state index in [4.69, 9.17) is 5.73 Å². The van der Waals surface area contributed by atoms with Gasteiger partial charge in [0, 0.05) is 17.7 Å². The van der Waals surface area contributed by atoms with Crippen molar-refractivity contribution in [1.82, 2.24) is 0 Å². The zero-order chi connectivity index (χ0) is 13.7. The van der Waals surface area contributed by atoms with Gasteiger partial charge in [-0.1, -0.05) is 54.6 Å². The van der Waals surface area contributed by atoms with Gasteiger partial charge in [-0.15, -0.1) is 0 Å². The number of ketones is 2. The van der Waals surface area contributed by atoms with E-state index in [9.17, 15) is 9.59 Å². The van der Waals surface area contributed by atoms with Crippen molar-refractivity contribution < 1.29 is 9.59 Å². The fraction of sp³-hybridized carbons (Fsp3) is 0.125. The molecule has 2 aromatic carbocycles. The summed E-state index contributed by atoms with van der Waals surface area (Å²) in [6.07, 6.45) is -0.124. The molecule has 0 saturated carbocycles. The highest BCUT2D eigenvalue weighted by Gasteiger charge is 2.15. The van der Waals surface area contributed by atoms with Crippen LogP contribution in [0.4, 0.5) is 0 Å². The van der Waals surface area contributed by atoms with Crippen molar-refractivity contribution in [2.24, 2.45) is 5.73 Å². The van der Waals surface area contributed by atoms with Gasteiger partial charge in [-0.2, -0.15) is 0 Å². The molecule has 0 saturated heterocycles. The second kappa shape index (κ2) is 6.07. The summed E-state index contributed by atoms with van der Waals surface area (Å²) >= 11 is 0. The average molecular weight is 253 g/mol. The maximum Gasteiger partial charge on any atom is 0.170 e. The van der Waals surface area contributed by atoms with Crippen molar-refractivity contribution in [3.05, 3.63) is 71.3 Å². The Morgan fingerprint density at radius 1 is 0.842 bits per heavy atom. The van der Waals surface area contributed by atoms with Crippen molar-refractivity contribution in [3.8, 4) is 0 Å². The standard InChI is InChI=1S/C16H15NO2/c17-11-13-8-4-5-9-14(13)16(19)10-15(18)12-6-2-1-3-7-12/h1-9H,10-11,17H2. The molecule has 0 aromatic heterocycles. The second-order valence-electron chi connectivity index (χ2n) is 4.25. The van der Waals surface area contributed by atoms with Crippen molar-refractivity contribution in [2.75, 3.05) is 0 Å². The van der Waals surface area contributed by atoms with Crippen LogP contribution in [0.3, 0.4) is 0 Å². The molecule has 96 valence electrons. The minimum atomic E-state index is -0.185. The highest BCUT2D eigenvalue weighted by Crippen LogP contribution is 2.13. The first kappa shape index (κ1) is 13.2. The van der Waals surface area contributed by atoms with Crippen molar-refractivity contribution in [3.63, 3.8) is 0 Å². The Bertz CT molecular complexity index is 591. The van der Waals surface area contributed by atoms with E-state index in [0.717, 1.165) is 5.56 Å². The van der Waals surface area contributed by atoms with Gasteiger partial charge in [0.2, 0.25) is 0 Å². The van der Waals surface area contributed by atoms with Gasteiger partial charge >= 0.3 is 0 Å². The number of hydrogen-bond donors (Lipinski definition) is 1. The minimum absolute atomic E-state index is 0.124. The lowest BCUT2D eigenvalue weighted by molar-refractivity contribution is 0.0894. The summed E-state index contributed by atoms with van der Waals surface area (Å²) < 4.78 is 0. The van der Waals surface area contributed by atoms with Crippen LogP contribution in [0, 0.1) is 0 Å². The van der Waals surface area contributed by atoms with Gasteiger partial charge in [0.1, 0.15) is 0 Å². The lowest BCUT2D eigenvalue weighted by Gasteiger charge is -2.06. The number of carbonyl (C=O) groups is 2. The molecular weight excluding hydrogens is 238 g/mol. The lowest BCUT2D eigenvalue weighted by Crippen LogP contribution is -2.12. The van der Waals surface area contributed by atoms with Gasteiger partial charge < -0.3 is 5.73 Å². The molecule has 2 N–H and O–H groups in total. The Morgan fingerprint density at radius 2 is 1.47 bits per heavy atom. The molecule has 0 aliphatic heterocycles. The van der Waals surface area contributed by atoms with Crippen LogP contribution in [0.5, 0.6) is 0 Å². The summed E-state index contributed by atoms with van der Waals surface area (Å²) in [6, 6.07) is 16.0. The molecule has 0 heterocycles. The van der Waals surface area contributed by atoms with E-state index in [0.29, 0.717) is 17.7 Å². The van der Waals surface area contributed by atoms with E-state index in [1.165, 1.54) is 0 Å². The third-order valence-corrected chi connectivity index (χ3v) is 2.95. The predicted molar refractivity (Wildman–Crippen MR) is 74.1 cm³/mol. The summed E-state index contributed by atoms with van der Waals surface area (Å²) in [5.41, 5.74) is 7.46. The normalized spacial score (nSPS) is 10.2. The van der Waals surface area contributed by atoms with E-state index in [1.54, 1.807) is 42.5 Å². The first-order valence-electron chi connectivity index (χ1n) is 6.12. The molecular formula is C16H15NO2. The van der Waals surface area contributed by atoms with E-state index in [-0.39, 0.29) is 18.0 Å². The highest BCUT2D eigenvalue weighted by atomic mass is 16.1. The maximum atomic E-state index is 12.1. The Hall–Kier alpha value is -2.26. The van der Waals surface area contributed by atoms with Crippen molar-refractivity contribution >= 4 is 11.6 Å². The zero-order valence-electron chi connectivity index (χ0n) is 10.5. The van der Waals surface area contributed by atoms with Gasteiger partial charge in [0.25, 0.3) is 0 Å². The number of hydrogen-bond acceptors (Lipinski definition) is 3. The molecule has 19 heavy (non-hydrogen) atoms. The van der Waals surface area contributed by atoms with E-state index in [1.807, 2.05) is 12.1 Å². The van der Waals surface area contributed by atoms with Crippen molar-refractivity contribution in [1.29, 1.82) is 0 Å². The molecule has 0 amide bonds. The quantitative estimate of drug-likeness (QED) is 0.658. The molecule has 0 atom stereocenters. The number of nitrogens with two attached hydrogens (primary N) is 1. The maximum absolute atomic E-state index is 12.1. The molecule has 2 rings (SSSR count). The van der Waals surface area contributed by atoms with E-state index < -0.39 is 0 Å². The van der Waals surface area contributed by atoms with Crippen LogP contribution >= 0.6 is 0 Å². The van der Waals surface area contributed by atoms with Crippen LogP contribution in [0.25, 0.3) is 0 Å². The van der Waals surface area contributed by atoms with E-state index in [2.05, 4.69) is 0 Å². The molecule has 0 bridgehead atoms. The summed E-state index contributed by atoms with van der Waals surface area (Å²) in [7, 11) is 0. The molecule has 2 aromatic rings. The fourth-order valence-corrected chi connectivity index (χ4v) is 1.94. The topological polar surface area (TPSA) is 60.2 Å². The van der Waals surface area contributed by atoms with E-state index >= 15 is 0 Å². The van der Waals surface area contributed by atoms with Crippen LogP contribution in [0.15, 0.2) is 54.6 Å². The Kier molecular flexibility index (Phi) is 4.21. The third-order valence-electron chi connectivity index (χ3n) is 2.95. The molecule has 0 aliphatic rings. The van der Waals surface area contributed by atoms with Crippen LogP contribution in [-0.2, 0) is 6.54 Å². The predicted octanol–water partition coefficient (Wildman–Crippen LogP) is 2.60.